The van der Waals surface area contributed by atoms with Crippen molar-refractivity contribution in [2.24, 2.45) is 0 Å². The van der Waals surface area contributed by atoms with Gasteiger partial charge in [-0.2, -0.15) is 13.2 Å². The Hall–Kier alpha value is -3.23. The van der Waals surface area contributed by atoms with Gasteiger partial charge in [0, 0.05) is 36.2 Å². The van der Waals surface area contributed by atoms with Crippen LogP contribution in [-0.2, 0) is 6.18 Å². The molecule has 32 heavy (non-hydrogen) atoms. The molecule has 0 bridgehead atoms. The predicted octanol–water partition coefficient (Wildman–Crippen LogP) is 5.48. The molecule has 172 valence electrons. The summed E-state index contributed by atoms with van der Waals surface area (Å²) < 4.78 is 38.0. The predicted molar refractivity (Wildman–Crippen MR) is 119 cm³/mol. The first-order valence-corrected chi connectivity index (χ1v) is 10.6. The number of nitrogens with one attached hydrogen (secondary N) is 3. The highest BCUT2D eigenvalue weighted by Crippen LogP contribution is 2.30. The number of amides is 3. The molecule has 2 aromatic rings. The van der Waals surface area contributed by atoms with Crippen LogP contribution in [0.15, 0.2) is 42.5 Å². The number of benzene rings is 2. The van der Waals surface area contributed by atoms with Crippen LogP contribution in [0.25, 0.3) is 0 Å². The van der Waals surface area contributed by atoms with Gasteiger partial charge >= 0.3 is 12.2 Å². The molecule has 1 fully saturated rings. The molecule has 3 amide bonds. The third-order valence-corrected chi connectivity index (χ3v) is 5.41. The number of carbonyl (C=O) groups is 2. The Bertz CT molecular complexity index is 955. The molecular weight excluding hydrogens is 421 g/mol. The van der Waals surface area contributed by atoms with E-state index < -0.39 is 17.8 Å². The third kappa shape index (κ3) is 5.93. The lowest BCUT2D eigenvalue weighted by Gasteiger charge is -2.23. The maximum atomic E-state index is 12.9. The van der Waals surface area contributed by atoms with Crippen molar-refractivity contribution in [3.8, 4) is 0 Å². The van der Waals surface area contributed by atoms with Gasteiger partial charge in [-0.05, 0) is 68.7 Å². The van der Waals surface area contributed by atoms with Gasteiger partial charge in [-0.15, -0.1) is 0 Å². The summed E-state index contributed by atoms with van der Waals surface area (Å²) in [5.41, 5.74) is 1.13. The van der Waals surface area contributed by atoms with Gasteiger partial charge in [0.15, 0.2) is 0 Å². The number of hydrogen-bond acceptors (Lipinski definition) is 3. The normalized spacial score (nSPS) is 14.7. The lowest BCUT2D eigenvalue weighted by molar-refractivity contribution is -0.137. The van der Waals surface area contributed by atoms with E-state index in [0.717, 1.165) is 50.2 Å². The second-order valence-electron chi connectivity index (χ2n) is 7.86. The number of hydrogen-bond donors (Lipinski definition) is 3. The van der Waals surface area contributed by atoms with E-state index in [0.29, 0.717) is 11.3 Å². The van der Waals surface area contributed by atoms with E-state index in [1.807, 2.05) is 19.9 Å². The molecule has 1 unspecified atom stereocenters. The summed E-state index contributed by atoms with van der Waals surface area (Å²) >= 11 is 0. The number of anilines is 3. The van der Waals surface area contributed by atoms with Crippen molar-refractivity contribution >= 4 is 29.0 Å². The molecule has 1 atom stereocenters. The van der Waals surface area contributed by atoms with E-state index in [1.54, 1.807) is 12.1 Å². The molecule has 1 aliphatic rings. The second kappa shape index (κ2) is 9.93. The van der Waals surface area contributed by atoms with E-state index in [4.69, 9.17) is 0 Å². The van der Waals surface area contributed by atoms with Crippen molar-refractivity contribution in [3.63, 3.8) is 0 Å². The van der Waals surface area contributed by atoms with Crippen LogP contribution in [0.5, 0.6) is 0 Å². The molecule has 2 aromatic carbocycles. The van der Waals surface area contributed by atoms with Gasteiger partial charge in [-0.3, -0.25) is 4.79 Å². The number of nitrogens with zero attached hydrogens (tertiary/aromatic N) is 1. The summed E-state index contributed by atoms with van der Waals surface area (Å²) in [6, 6.07) is 8.70. The summed E-state index contributed by atoms with van der Waals surface area (Å²) in [5, 5.41) is 8.11. The first-order valence-electron chi connectivity index (χ1n) is 10.6. The molecule has 0 aliphatic carbocycles. The van der Waals surface area contributed by atoms with E-state index in [-0.39, 0.29) is 17.6 Å². The van der Waals surface area contributed by atoms with Crippen LogP contribution in [0.3, 0.4) is 0 Å². The maximum absolute atomic E-state index is 12.9. The maximum Gasteiger partial charge on any atom is 0.416 e. The summed E-state index contributed by atoms with van der Waals surface area (Å²) in [5.74, 6) is -0.215. The Balaban J connectivity index is 1.74. The summed E-state index contributed by atoms with van der Waals surface area (Å²) in [4.78, 5) is 27.4. The van der Waals surface area contributed by atoms with Crippen molar-refractivity contribution in [3.05, 3.63) is 53.6 Å². The highest BCUT2D eigenvalue weighted by atomic mass is 19.4. The van der Waals surface area contributed by atoms with Gasteiger partial charge in [-0.1, -0.05) is 6.92 Å². The van der Waals surface area contributed by atoms with Crippen LogP contribution in [0.1, 0.15) is 49.0 Å². The molecule has 9 heteroatoms. The Morgan fingerprint density at radius 1 is 1.00 bits per heavy atom. The van der Waals surface area contributed by atoms with E-state index >= 15 is 0 Å². The van der Waals surface area contributed by atoms with Crippen LogP contribution in [0.2, 0.25) is 0 Å². The Labute approximate surface area is 185 Å². The van der Waals surface area contributed by atoms with E-state index in [2.05, 4.69) is 20.9 Å². The number of urea groups is 1. The fourth-order valence-corrected chi connectivity index (χ4v) is 3.47. The zero-order chi connectivity index (χ0) is 23.3. The quantitative estimate of drug-likeness (QED) is 0.548. The summed E-state index contributed by atoms with van der Waals surface area (Å²) in [7, 11) is 0. The molecule has 1 saturated heterocycles. The Morgan fingerprint density at radius 3 is 2.19 bits per heavy atom. The topological polar surface area (TPSA) is 73.5 Å². The zero-order valence-corrected chi connectivity index (χ0v) is 18.1. The van der Waals surface area contributed by atoms with Crippen LogP contribution >= 0.6 is 0 Å². The largest absolute Gasteiger partial charge is 0.416 e. The van der Waals surface area contributed by atoms with Gasteiger partial charge in [0.1, 0.15) is 0 Å². The van der Waals surface area contributed by atoms with Crippen molar-refractivity contribution < 1.29 is 22.8 Å². The monoisotopic (exact) mass is 448 g/mol. The van der Waals surface area contributed by atoms with Crippen LogP contribution < -0.4 is 20.9 Å². The number of alkyl halides is 3. The fourth-order valence-electron chi connectivity index (χ4n) is 3.47. The van der Waals surface area contributed by atoms with Crippen molar-refractivity contribution in [1.29, 1.82) is 0 Å². The first-order chi connectivity index (χ1) is 15.2. The minimum Gasteiger partial charge on any atom is -0.371 e. The smallest absolute Gasteiger partial charge is 0.371 e. The molecular formula is C23H27F3N4O2. The molecule has 0 saturated carbocycles. The molecule has 3 N–H and O–H groups in total. The van der Waals surface area contributed by atoms with Gasteiger partial charge < -0.3 is 20.9 Å². The zero-order valence-electron chi connectivity index (χ0n) is 18.1. The van der Waals surface area contributed by atoms with Crippen LogP contribution in [0.4, 0.5) is 35.0 Å². The highest BCUT2D eigenvalue weighted by molar-refractivity contribution is 6.04. The minimum atomic E-state index is -4.44. The van der Waals surface area contributed by atoms with Gasteiger partial charge in [0.2, 0.25) is 0 Å². The van der Waals surface area contributed by atoms with E-state index in [1.165, 1.54) is 12.1 Å². The highest BCUT2D eigenvalue weighted by Gasteiger charge is 2.30. The van der Waals surface area contributed by atoms with Crippen molar-refractivity contribution in [2.75, 3.05) is 28.6 Å². The molecule has 1 heterocycles. The van der Waals surface area contributed by atoms with Crippen molar-refractivity contribution in [1.82, 2.24) is 5.32 Å². The molecule has 3 rings (SSSR count). The van der Waals surface area contributed by atoms with Gasteiger partial charge in [-0.25, -0.2) is 4.79 Å². The lowest BCUT2D eigenvalue weighted by Crippen LogP contribution is -2.33. The number of rotatable bonds is 6. The van der Waals surface area contributed by atoms with Gasteiger partial charge in [0.05, 0.1) is 11.1 Å². The standard InChI is InChI=1S/C23H27F3N4O2/c1-3-15(2)27-21(31)19-14-18(10-11-20(19)30-12-4-5-13-30)29-22(32)28-17-8-6-16(7-9-17)23(24,25)26/h6-11,14-15H,3-5,12-13H2,1-2H3,(H,27,31)(H2,28,29,32). The van der Waals surface area contributed by atoms with Crippen LogP contribution in [-0.4, -0.2) is 31.1 Å². The number of halogens is 3. The molecule has 1 aliphatic heterocycles. The minimum absolute atomic E-state index is 0.00788. The SMILES string of the molecule is CCC(C)NC(=O)c1cc(NC(=O)Nc2ccc(C(F)(F)F)cc2)ccc1N1CCCC1. The average Bonchev–Trinajstić information content (AvgIpc) is 3.28. The lowest BCUT2D eigenvalue weighted by atomic mass is 10.1. The van der Waals surface area contributed by atoms with Gasteiger partial charge in [0.25, 0.3) is 5.91 Å². The summed E-state index contributed by atoms with van der Waals surface area (Å²) in [6.07, 6.45) is -1.54. The number of carbonyl (C=O) groups excluding carboxylic acids is 2. The third-order valence-electron chi connectivity index (χ3n) is 5.41. The second-order valence-corrected chi connectivity index (χ2v) is 7.86. The molecule has 6 nitrogen and oxygen atoms in total. The fraction of sp³-hybridized carbons (Fsp3) is 0.391. The molecule has 0 aromatic heterocycles. The van der Waals surface area contributed by atoms with Crippen LogP contribution in [0, 0.1) is 0 Å². The summed E-state index contributed by atoms with van der Waals surface area (Å²) in [6.45, 7) is 5.64. The first kappa shape index (κ1) is 23.4. The average molecular weight is 448 g/mol. The molecule has 0 radical (unpaired) electrons. The molecule has 0 spiro atoms. The Morgan fingerprint density at radius 2 is 1.59 bits per heavy atom. The van der Waals surface area contributed by atoms with Crippen molar-refractivity contribution in [2.45, 2.75) is 45.3 Å². The van der Waals surface area contributed by atoms with E-state index in [9.17, 15) is 22.8 Å². The Kier molecular flexibility index (Phi) is 7.27.